The second-order valence-corrected chi connectivity index (χ2v) is 13.5. The van der Waals surface area contributed by atoms with E-state index >= 15 is 0 Å². The Labute approximate surface area is 262 Å². The molecular formula is C31H37BrClN3O5S. The summed E-state index contributed by atoms with van der Waals surface area (Å²) in [6.45, 7) is 7.72. The lowest BCUT2D eigenvalue weighted by Crippen LogP contribution is -2.52. The summed E-state index contributed by atoms with van der Waals surface area (Å²) in [5, 5.41) is 3.47. The monoisotopic (exact) mass is 677 g/mol. The summed E-state index contributed by atoms with van der Waals surface area (Å²) in [7, 11) is -2.72. The second-order valence-electron chi connectivity index (χ2n) is 10.4. The van der Waals surface area contributed by atoms with Gasteiger partial charge >= 0.3 is 0 Å². The van der Waals surface area contributed by atoms with Gasteiger partial charge in [-0.1, -0.05) is 62.2 Å². The quantitative estimate of drug-likeness (QED) is 0.233. The molecule has 226 valence electrons. The van der Waals surface area contributed by atoms with E-state index in [0.29, 0.717) is 33.9 Å². The number of nitrogens with one attached hydrogen (secondary N) is 1. The number of ether oxygens (including phenoxy) is 1. The van der Waals surface area contributed by atoms with E-state index in [1.165, 1.54) is 24.1 Å². The predicted molar refractivity (Wildman–Crippen MR) is 170 cm³/mol. The van der Waals surface area contributed by atoms with Gasteiger partial charge in [0.1, 0.15) is 18.3 Å². The smallest absolute Gasteiger partial charge is 0.264 e. The van der Waals surface area contributed by atoms with Gasteiger partial charge in [-0.3, -0.25) is 13.9 Å². The zero-order chi connectivity index (χ0) is 31.0. The molecule has 0 bridgehead atoms. The fourth-order valence-corrected chi connectivity index (χ4v) is 6.56. The van der Waals surface area contributed by atoms with Crippen molar-refractivity contribution < 1.29 is 22.7 Å². The first-order chi connectivity index (χ1) is 19.9. The Hall–Kier alpha value is -3.08. The second kappa shape index (κ2) is 14.9. The van der Waals surface area contributed by atoms with Gasteiger partial charge in [-0.05, 0) is 83.2 Å². The standard InChI is InChI=1S/C31H37BrClN3O5S/c1-6-28(31(38)34-18-21(2)3)35(19-23-9-11-24(33)12-10-23)30(37)20-36(25-13-7-22(4)8-14-25)42(39,40)26-15-16-29(41-5)27(32)17-26/h7-17,21,28H,6,18-20H2,1-5H3,(H,34,38)/t28-/m1/s1. The van der Waals surface area contributed by atoms with Crippen LogP contribution in [0.5, 0.6) is 5.75 Å². The number of amides is 2. The fraction of sp³-hybridized carbons (Fsp3) is 0.355. The van der Waals surface area contributed by atoms with Crippen LogP contribution < -0.4 is 14.4 Å². The normalized spacial score (nSPS) is 12.1. The van der Waals surface area contributed by atoms with E-state index in [4.69, 9.17) is 16.3 Å². The van der Waals surface area contributed by atoms with Crippen LogP contribution in [-0.4, -0.2) is 51.4 Å². The summed E-state index contributed by atoms with van der Waals surface area (Å²) in [6.07, 6.45) is 0.339. The molecule has 1 N–H and O–H groups in total. The molecule has 1 atom stereocenters. The summed E-state index contributed by atoms with van der Waals surface area (Å²) in [5.74, 6) is -0.123. The number of carbonyl (C=O) groups excluding carboxylic acids is 2. The number of methoxy groups -OCH3 is 1. The topological polar surface area (TPSA) is 96.0 Å². The van der Waals surface area contributed by atoms with Crippen LogP contribution in [0.4, 0.5) is 5.69 Å². The van der Waals surface area contributed by atoms with Crippen LogP contribution in [0.2, 0.25) is 5.02 Å². The largest absolute Gasteiger partial charge is 0.496 e. The van der Waals surface area contributed by atoms with Crippen molar-refractivity contribution in [2.45, 2.75) is 51.6 Å². The minimum absolute atomic E-state index is 0.0190. The molecule has 3 rings (SSSR count). The predicted octanol–water partition coefficient (Wildman–Crippen LogP) is 6.19. The number of hydrogen-bond acceptors (Lipinski definition) is 5. The molecule has 8 nitrogen and oxygen atoms in total. The zero-order valence-electron chi connectivity index (χ0n) is 24.4. The summed E-state index contributed by atoms with van der Waals surface area (Å²) >= 11 is 9.44. The van der Waals surface area contributed by atoms with Crippen LogP contribution >= 0.6 is 27.5 Å². The van der Waals surface area contributed by atoms with E-state index in [0.717, 1.165) is 15.4 Å². The molecule has 0 saturated carbocycles. The van der Waals surface area contributed by atoms with E-state index in [9.17, 15) is 18.0 Å². The highest BCUT2D eigenvalue weighted by Gasteiger charge is 2.34. The van der Waals surface area contributed by atoms with E-state index in [1.54, 1.807) is 54.6 Å². The Kier molecular flexibility index (Phi) is 11.8. The maximum absolute atomic E-state index is 14.1. The number of sulfonamides is 1. The third kappa shape index (κ3) is 8.49. The Morgan fingerprint density at radius 3 is 2.21 bits per heavy atom. The molecule has 0 aromatic heterocycles. The molecule has 0 unspecified atom stereocenters. The zero-order valence-corrected chi connectivity index (χ0v) is 27.6. The molecule has 2 amide bonds. The highest BCUT2D eigenvalue weighted by Crippen LogP contribution is 2.31. The molecule has 11 heteroatoms. The first kappa shape index (κ1) is 33.4. The summed E-state index contributed by atoms with van der Waals surface area (Å²) < 4.78 is 34.9. The van der Waals surface area contributed by atoms with Gasteiger partial charge in [0.2, 0.25) is 11.8 Å². The molecule has 0 fully saturated rings. The van der Waals surface area contributed by atoms with Crippen LogP contribution in [0, 0.1) is 12.8 Å². The number of halogens is 2. The molecule has 0 aliphatic rings. The molecule has 0 heterocycles. The third-order valence-electron chi connectivity index (χ3n) is 6.65. The number of anilines is 1. The summed E-state index contributed by atoms with van der Waals surface area (Å²) in [6, 6.07) is 17.5. The lowest BCUT2D eigenvalue weighted by Gasteiger charge is -2.33. The maximum Gasteiger partial charge on any atom is 0.264 e. The van der Waals surface area contributed by atoms with Crippen LogP contribution in [0.1, 0.15) is 38.3 Å². The lowest BCUT2D eigenvalue weighted by molar-refractivity contribution is -0.140. The van der Waals surface area contributed by atoms with E-state index in [2.05, 4.69) is 21.2 Å². The van der Waals surface area contributed by atoms with Gasteiger partial charge in [0.05, 0.1) is 22.2 Å². The molecule has 0 spiro atoms. The van der Waals surface area contributed by atoms with E-state index in [1.807, 2.05) is 27.7 Å². The highest BCUT2D eigenvalue weighted by molar-refractivity contribution is 9.10. The van der Waals surface area contributed by atoms with Crippen LogP contribution in [0.25, 0.3) is 0 Å². The van der Waals surface area contributed by atoms with Crippen LogP contribution in [0.3, 0.4) is 0 Å². The van der Waals surface area contributed by atoms with Gasteiger partial charge in [-0.2, -0.15) is 0 Å². The Morgan fingerprint density at radius 2 is 1.67 bits per heavy atom. The van der Waals surface area contributed by atoms with Gasteiger partial charge in [-0.15, -0.1) is 0 Å². The Balaban J connectivity index is 2.06. The van der Waals surface area contributed by atoms with Crippen molar-refractivity contribution in [1.82, 2.24) is 10.2 Å². The molecule has 3 aromatic rings. The molecular weight excluding hydrogens is 642 g/mol. The average Bonchev–Trinajstić information content (AvgIpc) is 2.96. The lowest BCUT2D eigenvalue weighted by atomic mass is 10.1. The van der Waals surface area contributed by atoms with Gasteiger partial charge < -0.3 is 15.0 Å². The first-order valence-corrected chi connectivity index (χ1v) is 16.2. The third-order valence-corrected chi connectivity index (χ3v) is 9.29. The Bertz CT molecular complexity index is 1480. The van der Waals surface area contributed by atoms with Crippen LogP contribution in [-0.2, 0) is 26.2 Å². The number of aryl methyl sites for hydroxylation is 1. The number of benzene rings is 3. The molecule has 0 saturated heterocycles. The molecule has 0 aliphatic carbocycles. The van der Waals surface area contributed by atoms with Crippen LogP contribution in [0.15, 0.2) is 76.1 Å². The summed E-state index contributed by atoms with van der Waals surface area (Å²) in [4.78, 5) is 28.9. The number of nitrogens with zero attached hydrogens (tertiary/aromatic N) is 2. The Morgan fingerprint density at radius 1 is 1.02 bits per heavy atom. The van der Waals surface area contributed by atoms with Crippen molar-refractivity contribution >= 4 is 55.1 Å². The van der Waals surface area contributed by atoms with Crippen molar-refractivity contribution in [2.75, 3.05) is 24.5 Å². The van der Waals surface area contributed by atoms with Crippen molar-refractivity contribution in [3.8, 4) is 5.75 Å². The molecule has 0 radical (unpaired) electrons. The van der Waals surface area contributed by atoms with E-state index in [-0.39, 0.29) is 23.3 Å². The number of carbonyl (C=O) groups is 2. The fourth-order valence-electron chi connectivity index (χ4n) is 4.30. The highest BCUT2D eigenvalue weighted by atomic mass is 79.9. The number of hydrogen-bond donors (Lipinski definition) is 1. The van der Waals surface area contributed by atoms with Crippen molar-refractivity contribution in [3.63, 3.8) is 0 Å². The van der Waals surface area contributed by atoms with Crippen molar-refractivity contribution in [2.24, 2.45) is 5.92 Å². The maximum atomic E-state index is 14.1. The SMILES string of the molecule is CC[C@H](C(=O)NCC(C)C)N(Cc1ccc(Cl)cc1)C(=O)CN(c1ccc(C)cc1)S(=O)(=O)c1ccc(OC)c(Br)c1. The van der Waals surface area contributed by atoms with Gasteiger partial charge in [-0.25, -0.2) is 8.42 Å². The van der Waals surface area contributed by atoms with E-state index < -0.39 is 28.5 Å². The minimum Gasteiger partial charge on any atom is -0.496 e. The molecule has 3 aromatic carbocycles. The average molecular weight is 679 g/mol. The number of rotatable bonds is 13. The minimum atomic E-state index is -4.21. The van der Waals surface area contributed by atoms with Gasteiger partial charge in [0.25, 0.3) is 10.0 Å². The summed E-state index contributed by atoms with van der Waals surface area (Å²) in [5.41, 5.74) is 2.02. The molecule has 42 heavy (non-hydrogen) atoms. The van der Waals surface area contributed by atoms with Crippen molar-refractivity contribution in [3.05, 3.63) is 87.4 Å². The first-order valence-electron chi connectivity index (χ1n) is 13.6. The van der Waals surface area contributed by atoms with Crippen molar-refractivity contribution in [1.29, 1.82) is 0 Å². The van der Waals surface area contributed by atoms with Gasteiger partial charge in [0, 0.05) is 18.1 Å². The molecule has 0 aliphatic heterocycles. The van der Waals surface area contributed by atoms with Gasteiger partial charge in [0.15, 0.2) is 0 Å².